The average molecular weight is 686 g/mol. The van der Waals surface area contributed by atoms with Gasteiger partial charge in [0.15, 0.2) is 0 Å². The van der Waals surface area contributed by atoms with Gasteiger partial charge in [-0.15, -0.1) is 11.3 Å². The van der Waals surface area contributed by atoms with Crippen molar-refractivity contribution in [3.05, 3.63) is 41.0 Å². The zero-order valence-electron chi connectivity index (χ0n) is 29.7. The quantitative estimate of drug-likeness (QED) is 0.181. The third kappa shape index (κ3) is 12.5. The van der Waals surface area contributed by atoms with Crippen LogP contribution in [0.2, 0.25) is 0 Å². The van der Waals surface area contributed by atoms with E-state index in [-0.39, 0.29) is 37.2 Å². The van der Waals surface area contributed by atoms with Gasteiger partial charge in [0.05, 0.1) is 22.2 Å². The van der Waals surface area contributed by atoms with Gasteiger partial charge in [-0.05, 0) is 57.1 Å². The van der Waals surface area contributed by atoms with E-state index in [2.05, 4.69) is 20.9 Å². The van der Waals surface area contributed by atoms with Gasteiger partial charge in [0.25, 0.3) is 0 Å². The number of hydrogen-bond donors (Lipinski definition) is 4. The lowest BCUT2D eigenvalue weighted by Gasteiger charge is -2.35. The maximum Gasteiger partial charge on any atom is 0.407 e. The first-order chi connectivity index (χ1) is 22.5. The summed E-state index contributed by atoms with van der Waals surface area (Å²) in [6, 6.07) is 6.25. The number of aliphatic hydroxyl groups excluding tert-OH is 1. The molecular weight excluding hydrogens is 630 g/mol. The summed E-state index contributed by atoms with van der Waals surface area (Å²) >= 11 is 1.58. The molecule has 1 unspecified atom stereocenters. The molecule has 11 nitrogen and oxygen atoms in total. The Morgan fingerprint density at radius 1 is 0.979 bits per heavy atom. The molecule has 3 atom stereocenters. The normalized spacial score (nSPS) is 17.1. The highest BCUT2D eigenvalue weighted by Gasteiger charge is 2.44. The zero-order chi connectivity index (χ0) is 35.5. The lowest BCUT2D eigenvalue weighted by Crippen LogP contribution is -2.57. The fourth-order valence-corrected chi connectivity index (χ4v) is 6.45. The fraction of sp³-hybridized carbons (Fsp3) is 0.639. The van der Waals surface area contributed by atoms with Crippen molar-refractivity contribution in [3.63, 3.8) is 0 Å². The molecule has 48 heavy (non-hydrogen) atoms. The number of hydrogen-bond acceptors (Lipinski definition) is 8. The van der Waals surface area contributed by atoms with Crippen LogP contribution in [0.15, 0.2) is 29.8 Å². The van der Waals surface area contributed by atoms with Crippen LogP contribution < -0.4 is 16.0 Å². The second-order valence-electron chi connectivity index (χ2n) is 14.7. The van der Waals surface area contributed by atoms with Crippen molar-refractivity contribution in [1.29, 1.82) is 0 Å². The number of aromatic nitrogens is 1. The van der Waals surface area contributed by atoms with E-state index in [4.69, 9.17) is 4.74 Å². The standard InChI is InChI=1S/C36H55N5O6S/c1-24-30(48-23-39-24)26-17-15-25(16-18-26)21-38-32(44)28-20-27(42)22-41(28)33(45)31(35(2,3)4)40-29(43)14-12-10-8-9-11-13-19-37-34(46)47-36(5,6)7/h15-18,23,27-28,31,42H,8-14,19-22H2,1-7H3,(H,37,46)(H,38,44)(H,40,43)/t27-,28+,31?/m1/s1. The molecule has 266 valence electrons. The SMILES string of the molecule is Cc1ncsc1-c1ccc(CNC(=O)[C@@H]2C[C@@H](O)CN2C(=O)C(NC(=O)CCCCCCCCNC(=O)OC(C)(C)C)C(C)(C)C)cc1. The summed E-state index contributed by atoms with van der Waals surface area (Å²) in [5, 5.41) is 19.1. The second-order valence-corrected chi connectivity index (χ2v) is 15.6. The average Bonchev–Trinajstić information content (AvgIpc) is 3.61. The first-order valence-electron chi connectivity index (χ1n) is 17.1. The third-order valence-electron chi connectivity index (χ3n) is 8.21. The number of aliphatic hydroxyl groups is 1. The van der Waals surface area contributed by atoms with E-state index in [1.165, 1.54) is 4.90 Å². The summed E-state index contributed by atoms with van der Waals surface area (Å²) in [5.41, 5.74) is 3.67. The van der Waals surface area contributed by atoms with Gasteiger partial charge in [0.1, 0.15) is 17.7 Å². The van der Waals surface area contributed by atoms with E-state index in [1.54, 1.807) is 11.3 Å². The molecule has 12 heteroatoms. The number of alkyl carbamates (subject to hydrolysis) is 1. The molecule has 0 spiro atoms. The molecule has 1 aromatic heterocycles. The van der Waals surface area contributed by atoms with Crippen molar-refractivity contribution in [2.75, 3.05) is 13.1 Å². The Labute approximate surface area is 289 Å². The van der Waals surface area contributed by atoms with E-state index < -0.39 is 35.3 Å². The second kappa shape index (κ2) is 17.8. The fourth-order valence-electron chi connectivity index (χ4n) is 5.64. The van der Waals surface area contributed by atoms with Gasteiger partial charge in [-0.3, -0.25) is 14.4 Å². The number of carbonyl (C=O) groups is 4. The molecule has 1 aromatic carbocycles. The van der Waals surface area contributed by atoms with Crippen LogP contribution in [0.1, 0.15) is 104 Å². The van der Waals surface area contributed by atoms with Crippen LogP contribution in [0.25, 0.3) is 10.4 Å². The van der Waals surface area contributed by atoms with E-state index in [0.29, 0.717) is 19.4 Å². The molecule has 1 fully saturated rings. The number of rotatable bonds is 15. The molecule has 1 aliphatic rings. The number of benzene rings is 1. The highest BCUT2D eigenvalue weighted by molar-refractivity contribution is 7.13. The number of likely N-dealkylation sites (tertiary alicyclic amines) is 1. The number of thiazole rings is 1. The molecule has 2 aromatic rings. The van der Waals surface area contributed by atoms with E-state index in [9.17, 15) is 24.3 Å². The molecule has 0 saturated carbocycles. The maximum atomic E-state index is 13.8. The molecule has 1 aliphatic heterocycles. The first kappa shape index (κ1) is 38.9. The molecule has 0 bridgehead atoms. The number of nitrogens with zero attached hydrogens (tertiary/aromatic N) is 2. The Morgan fingerprint density at radius 3 is 2.23 bits per heavy atom. The van der Waals surface area contributed by atoms with Gasteiger partial charge < -0.3 is 30.7 Å². The van der Waals surface area contributed by atoms with Crippen LogP contribution >= 0.6 is 11.3 Å². The highest BCUT2D eigenvalue weighted by atomic mass is 32.1. The number of nitrogens with one attached hydrogen (secondary N) is 3. The first-order valence-corrected chi connectivity index (χ1v) is 17.9. The number of aryl methyl sites for hydroxylation is 1. The number of carbonyl (C=O) groups excluding carboxylic acids is 4. The lowest BCUT2D eigenvalue weighted by molar-refractivity contribution is -0.144. The van der Waals surface area contributed by atoms with E-state index in [1.807, 2.05) is 78.2 Å². The Bertz CT molecular complexity index is 1360. The van der Waals surface area contributed by atoms with Crippen molar-refractivity contribution in [2.24, 2.45) is 5.41 Å². The summed E-state index contributed by atoms with van der Waals surface area (Å²) in [6.45, 7) is 14.0. The van der Waals surface area contributed by atoms with Gasteiger partial charge in [-0.1, -0.05) is 70.7 Å². The minimum absolute atomic E-state index is 0.0373. The lowest BCUT2D eigenvalue weighted by atomic mass is 9.85. The van der Waals surface area contributed by atoms with Crippen LogP contribution in [0.3, 0.4) is 0 Å². The van der Waals surface area contributed by atoms with Crippen molar-refractivity contribution in [1.82, 2.24) is 25.8 Å². The molecule has 3 rings (SSSR count). The predicted octanol–water partition coefficient (Wildman–Crippen LogP) is 5.48. The summed E-state index contributed by atoms with van der Waals surface area (Å²) in [7, 11) is 0. The van der Waals surface area contributed by atoms with Gasteiger partial charge in [-0.2, -0.15) is 0 Å². The van der Waals surface area contributed by atoms with Gasteiger partial charge in [0.2, 0.25) is 17.7 Å². The molecule has 4 amide bonds. The van der Waals surface area contributed by atoms with Crippen molar-refractivity contribution < 1.29 is 29.0 Å². The monoisotopic (exact) mass is 685 g/mol. The largest absolute Gasteiger partial charge is 0.444 e. The van der Waals surface area contributed by atoms with Gasteiger partial charge in [0, 0.05) is 32.5 Å². The smallest absolute Gasteiger partial charge is 0.407 e. The molecule has 4 N–H and O–H groups in total. The third-order valence-corrected chi connectivity index (χ3v) is 9.19. The van der Waals surface area contributed by atoms with Crippen LogP contribution in [0.4, 0.5) is 4.79 Å². The Morgan fingerprint density at radius 2 is 1.62 bits per heavy atom. The van der Waals surface area contributed by atoms with Gasteiger partial charge >= 0.3 is 6.09 Å². The maximum absolute atomic E-state index is 13.8. The number of ether oxygens (including phenoxy) is 1. The Kier molecular flexibility index (Phi) is 14.4. The molecule has 0 aliphatic carbocycles. The van der Waals surface area contributed by atoms with Crippen LogP contribution in [-0.4, -0.2) is 75.7 Å². The Balaban J connectivity index is 1.44. The van der Waals surface area contributed by atoms with Crippen molar-refractivity contribution in [2.45, 2.75) is 130 Å². The molecule has 2 heterocycles. The number of amides is 4. The minimum atomic E-state index is -0.842. The summed E-state index contributed by atoms with van der Waals surface area (Å²) in [5.74, 6) is -0.902. The highest BCUT2D eigenvalue weighted by Crippen LogP contribution is 2.28. The summed E-state index contributed by atoms with van der Waals surface area (Å²) in [6.07, 6.45) is 4.60. The summed E-state index contributed by atoms with van der Waals surface area (Å²) in [4.78, 5) is 58.6. The van der Waals surface area contributed by atoms with Crippen molar-refractivity contribution >= 4 is 35.2 Å². The van der Waals surface area contributed by atoms with E-state index in [0.717, 1.165) is 53.8 Å². The minimum Gasteiger partial charge on any atom is -0.444 e. The molecule has 1 saturated heterocycles. The summed E-state index contributed by atoms with van der Waals surface area (Å²) < 4.78 is 5.23. The Hall–Kier alpha value is -3.51. The number of β-amino-alcohol motifs (C(OH)–C–C–N with tert-alkyl or cyclic N) is 1. The van der Waals surface area contributed by atoms with Gasteiger partial charge in [-0.25, -0.2) is 9.78 Å². The number of unbranched alkanes of at least 4 members (excludes halogenated alkanes) is 5. The molecular formula is C36H55N5O6S. The van der Waals surface area contributed by atoms with Crippen LogP contribution in [0.5, 0.6) is 0 Å². The van der Waals surface area contributed by atoms with Crippen molar-refractivity contribution in [3.8, 4) is 10.4 Å². The molecule has 0 radical (unpaired) electrons. The van der Waals surface area contributed by atoms with Crippen LogP contribution in [-0.2, 0) is 25.7 Å². The zero-order valence-corrected chi connectivity index (χ0v) is 30.5. The predicted molar refractivity (Wildman–Crippen MR) is 188 cm³/mol. The van der Waals surface area contributed by atoms with Crippen LogP contribution in [0, 0.1) is 12.3 Å². The topological polar surface area (TPSA) is 150 Å². The van der Waals surface area contributed by atoms with E-state index >= 15 is 0 Å².